The minimum Gasteiger partial charge on any atom is -0.462 e. The number of anilines is 1. The molecule has 9 heteroatoms. The number of urea groups is 1. The molecule has 1 aromatic carbocycles. The normalized spacial score (nSPS) is 22.1. The highest BCUT2D eigenvalue weighted by molar-refractivity contribution is 5.93. The molecule has 1 saturated carbocycles. The van der Waals surface area contributed by atoms with E-state index in [0.29, 0.717) is 23.9 Å². The van der Waals surface area contributed by atoms with E-state index in [9.17, 15) is 9.59 Å². The number of amides is 2. The average Bonchev–Trinajstić information content (AvgIpc) is 3.63. The molecule has 204 valence electrons. The van der Waals surface area contributed by atoms with E-state index in [-0.39, 0.29) is 30.8 Å². The molecule has 9 nitrogen and oxygen atoms in total. The zero-order valence-electron chi connectivity index (χ0n) is 22.4. The number of aromatic nitrogens is 2. The Balaban J connectivity index is 1.11. The van der Waals surface area contributed by atoms with Gasteiger partial charge in [0.25, 0.3) is 0 Å². The zero-order chi connectivity index (χ0) is 26.9. The van der Waals surface area contributed by atoms with Crippen LogP contribution in [0.3, 0.4) is 0 Å². The molecule has 3 fully saturated rings. The minimum atomic E-state index is -0.434. The highest BCUT2D eigenvalue weighted by Crippen LogP contribution is 2.45. The van der Waals surface area contributed by atoms with Crippen LogP contribution in [-0.2, 0) is 16.1 Å². The lowest BCUT2D eigenvalue weighted by Crippen LogP contribution is -2.50. The van der Waals surface area contributed by atoms with Crippen LogP contribution in [0.4, 0.5) is 10.6 Å². The van der Waals surface area contributed by atoms with Crippen LogP contribution in [0.5, 0.6) is 0 Å². The fraction of sp³-hybridized carbons (Fsp3) is 0.467. The van der Waals surface area contributed by atoms with E-state index in [1.54, 1.807) is 19.1 Å². The predicted octanol–water partition coefficient (Wildman–Crippen LogP) is 5.84. The standard InChI is InChI=1S/C30H34N4O5/c1-3-37-29(35)20-12-13-31-26(14-20)32-30(36)34-21-10-11-22(34)16-23(15-21)38-17-25-27(24-7-5-4-6-18(24)2)33-39-28(25)19-8-9-19/h4-7,12-14,19,21-23H,3,8-11,15-17H2,1-2H3,(H,31,32,36). The van der Waals surface area contributed by atoms with Gasteiger partial charge in [0.1, 0.15) is 17.3 Å². The number of ether oxygens (including phenoxy) is 2. The Morgan fingerprint density at radius 1 is 1.10 bits per heavy atom. The molecule has 2 amide bonds. The lowest BCUT2D eigenvalue weighted by Gasteiger charge is -2.38. The molecule has 39 heavy (non-hydrogen) atoms. The molecule has 2 aromatic heterocycles. The average molecular weight is 531 g/mol. The SMILES string of the molecule is CCOC(=O)c1ccnc(NC(=O)N2C3CCC2CC(OCc2c(-c4ccccc4C)noc2C2CC2)C3)c1. The fourth-order valence-corrected chi connectivity index (χ4v) is 5.99. The van der Waals surface area contributed by atoms with Crippen molar-refractivity contribution in [2.45, 2.75) is 83.1 Å². The smallest absolute Gasteiger partial charge is 0.338 e. The van der Waals surface area contributed by atoms with Crippen molar-refractivity contribution in [3.05, 3.63) is 65.0 Å². The quantitative estimate of drug-likeness (QED) is 0.365. The van der Waals surface area contributed by atoms with Crippen LogP contribution in [0.1, 0.15) is 78.6 Å². The Morgan fingerprint density at radius 3 is 2.59 bits per heavy atom. The minimum absolute atomic E-state index is 0.0588. The molecule has 0 radical (unpaired) electrons. The van der Waals surface area contributed by atoms with Crippen molar-refractivity contribution in [1.82, 2.24) is 15.0 Å². The van der Waals surface area contributed by atoms with Crippen molar-refractivity contribution in [2.24, 2.45) is 0 Å². The number of benzene rings is 1. The second kappa shape index (κ2) is 10.8. The molecule has 1 aliphatic carbocycles. The van der Waals surface area contributed by atoms with Crippen molar-refractivity contribution in [3.8, 4) is 11.3 Å². The molecular formula is C30H34N4O5. The van der Waals surface area contributed by atoms with Crippen molar-refractivity contribution in [2.75, 3.05) is 11.9 Å². The van der Waals surface area contributed by atoms with Crippen molar-refractivity contribution < 1.29 is 23.6 Å². The van der Waals surface area contributed by atoms with Gasteiger partial charge in [0.2, 0.25) is 0 Å². The van der Waals surface area contributed by atoms with Gasteiger partial charge < -0.3 is 18.9 Å². The van der Waals surface area contributed by atoms with Gasteiger partial charge in [0.05, 0.1) is 24.9 Å². The maximum atomic E-state index is 13.2. The number of carbonyl (C=O) groups excluding carboxylic acids is 2. The van der Waals surface area contributed by atoms with Gasteiger partial charge in [0.15, 0.2) is 0 Å². The first-order valence-electron chi connectivity index (χ1n) is 13.9. The summed E-state index contributed by atoms with van der Waals surface area (Å²) < 4.78 is 17.4. The topological polar surface area (TPSA) is 107 Å². The molecular weight excluding hydrogens is 496 g/mol. The van der Waals surface area contributed by atoms with Crippen LogP contribution in [0, 0.1) is 6.92 Å². The number of hydrogen-bond acceptors (Lipinski definition) is 7. The maximum absolute atomic E-state index is 13.2. The van der Waals surface area contributed by atoms with E-state index in [1.165, 1.54) is 6.20 Å². The van der Waals surface area contributed by atoms with Gasteiger partial charge in [-0.05, 0) is 70.1 Å². The number of carbonyl (C=O) groups is 2. The van der Waals surface area contributed by atoms with Crippen LogP contribution in [0.2, 0.25) is 0 Å². The summed E-state index contributed by atoms with van der Waals surface area (Å²) >= 11 is 0. The third-order valence-corrected chi connectivity index (χ3v) is 8.06. The molecule has 1 N–H and O–H groups in total. The fourth-order valence-electron chi connectivity index (χ4n) is 5.99. The van der Waals surface area contributed by atoms with Crippen LogP contribution in [0.25, 0.3) is 11.3 Å². The first kappa shape index (κ1) is 25.6. The molecule has 2 atom stereocenters. The summed E-state index contributed by atoms with van der Waals surface area (Å²) in [4.78, 5) is 31.5. The lowest BCUT2D eigenvalue weighted by atomic mass is 9.99. The summed E-state index contributed by atoms with van der Waals surface area (Å²) in [5.74, 6) is 1.31. The van der Waals surface area contributed by atoms with Crippen molar-refractivity contribution in [3.63, 3.8) is 0 Å². The number of nitrogens with one attached hydrogen (secondary N) is 1. The number of hydrogen-bond donors (Lipinski definition) is 1. The van der Waals surface area contributed by atoms with E-state index < -0.39 is 5.97 Å². The number of pyridine rings is 1. The highest BCUT2D eigenvalue weighted by Gasteiger charge is 2.44. The van der Waals surface area contributed by atoms with Crippen molar-refractivity contribution >= 4 is 17.8 Å². The molecule has 2 bridgehead atoms. The number of esters is 1. The monoisotopic (exact) mass is 530 g/mol. The van der Waals surface area contributed by atoms with Crippen LogP contribution in [-0.4, -0.2) is 51.8 Å². The van der Waals surface area contributed by atoms with E-state index >= 15 is 0 Å². The summed E-state index contributed by atoms with van der Waals surface area (Å²) in [5.41, 5.74) is 4.55. The number of piperidine rings is 1. The second-order valence-corrected chi connectivity index (χ2v) is 10.7. The van der Waals surface area contributed by atoms with Gasteiger partial charge in [-0.3, -0.25) is 5.32 Å². The number of fused-ring (bicyclic) bond motifs is 2. The van der Waals surface area contributed by atoms with Crippen LogP contribution < -0.4 is 5.32 Å². The first-order valence-corrected chi connectivity index (χ1v) is 13.9. The third-order valence-electron chi connectivity index (χ3n) is 8.06. The predicted molar refractivity (Wildman–Crippen MR) is 144 cm³/mol. The van der Waals surface area contributed by atoms with E-state index in [1.807, 2.05) is 17.0 Å². The number of aryl methyl sites for hydroxylation is 1. The third kappa shape index (κ3) is 5.28. The van der Waals surface area contributed by atoms with Gasteiger partial charge in [0, 0.05) is 35.3 Å². The zero-order valence-corrected chi connectivity index (χ0v) is 22.4. The molecule has 2 unspecified atom stereocenters. The van der Waals surface area contributed by atoms with Gasteiger partial charge in [-0.2, -0.15) is 0 Å². The summed E-state index contributed by atoms with van der Waals surface area (Å²) in [6.45, 7) is 4.59. The molecule has 3 aliphatic rings. The molecule has 3 aromatic rings. The molecule has 6 rings (SSSR count). The highest BCUT2D eigenvalue weighted by atomic mass is 16.5. The van der Waals surface area contributed by atoms with E-state index in [4.69, 9.17) is 14.0 Å². The Kier molecular flexibility index (Phi) is 7.08. The van der Waals surface area contributed by atoms with Gasteiger partial charge >= 0.3 is 12.0 Å². The summed E-state index contributed by atoms with van der Waals surface area (Å²) in [6.07, 6.45) is 7.28. The van der Waals surface area contributed by atoms with Gasteiger partial charge in [-0.25, -0.2) is 14.6 Å². The van der Waals surface area contributed by atoms with Crippen LogP contribution >= 0.6 is 0 Å². The van der Waals surface area contributed by atoms with Gasteiger partial charge in [-0.15, -0.1) is 0 Å². The first-order chi connectivity index (χ1) is 19.0. The van der Waals surface area contributed by atoms with Crippen molar-refractivity contribution in [1.29, 1.82) is 0 Å². The Morgan fingerprint density at radius 2 is 1.87 bits per heavy atom. The van der Waals surface area contributed by atoms with E-state index in [2.05, 4.69) is 34.5 Å². The maximum Gasteiger partial charge on any atom is 0.338 e. The Hall–Kier alpha value is -3.72. The number of rotatable bonds is 8. The second-order valence-electron chi connectivity index (χ2n) is 10.7. The largest absolute Gasteiger partial charge is 0.462 e. The van der Waals surface area contributed by atoms with E-state index in [0.717, 1.165) is 66.7 Å². The molecule has 0 spiro atoms. The number of nitrogens with zero attached hydrogens (tertiary/aromatic N) is 3. The van der Waals surface area contributed by atoms with Gasteiger partial charge in [-0.1, -0.05) is 29.4 Å². The summed E-state index contributed by atoms with van der Waals surface area (Å²) in [7, 11) is 0. The Bertz CT molecular complexity index is 1350. The lowest BCUT2D eigenvalue weighted by molar-refractivity contribution is -0.0158. The molecule has 2 aliphatic heterocycles. The molecule has 4 heterocycles. The summed E-state index contributed by atoms with van der Waals surface area (Å²) in [6, 6.07) is 11.4. The Labute approximate surface area is 227 Å². The molecule has 2 saturated heterocycles. The van der Waals surface area contributed by atoms with Crippen LogP contribution in [0.15, 0.2) is 47.1 Å². The summed E-state index contributed by atoms with van der Waals surface area (Å²) in [5, 5.41) is 7.35.